The van der Waals surface area contributed by atoms with Crippen LogP contribution in [0, 0.1) is 6.92 Å². The summed E-state index contributed by atoms with van der Waals surface area (Å²) in [6, 6.07) is 23.7. The predicted octanol–water partition coefficient (Wildman–Crippen LogP) is 6.74. The number of hydrogen-bond acceptors (Lipinski definition) is 1. The smallest absolute Gasteiger partial charge is 0.118 e. The number of ether oxygens (including phenoxy) is 1. The zero-order valence-electron chi connectivity index (χ0n) is 13.6. The van der Waals surface area contributed by atoms with Gasteiger partial charge in [0.15, 0.2) is 0 Å². The topological polar surface area (TPSA) is 9.23 Å². The van der Waals surface area contributed by atoms with E-state index in [9.17, 15) is 0 Å². The zero-order chi connectivity index (χ0) is 16.7. The largest absolute Gasteiger partial charge is 0.497 e. The van der Waals surface area contributed by atoms with Crippen LogP contribution in [0.1, 0.15) is 5.56 Å². The highest BCUT2D eigenvalue weighted by atomic mass is 79.9. The molecular weight excluding hydrogens is 360 g/mol. The number of rotatable bonds is 2. The number of methoxy groups -OCH3 is 1. The summed E-state index contributed by atoms with van der Waals surface area (Å²) >= 11 is 3.62. The van der Waals surface area contributed by atoms with E-state index in [0.717, 1.165) is 10.2 Å². The Bertz CT molecular complexity index is 1050. The van der Waals surface area contributed by atoms with Gasteiger partial charge in [-0.05, 0) is 69.9 Å². The van der Waals surface area contributed by atoms with Crippen LogP contribution in [0.4, 0.5) is 0 Å². The monoisotopic (exact) mass is 376 g/mol. The van der Waals surface area contributed by atoms with Crippen molar-refractivity contribution in [1.29, 1.82) is 0 Å². The van der Waals surface area contributed by atoms with Gasteiger partial charge in [-0.1, -0.05) is 57.9 Å². The van der Waals surface area contributed by atoms with Gasteiger partial charge in [-0.2, -0.15) is 0 Å². The van der Waals surface area contributed by atoms with Crippen molar-refractivity contribution in [2.45, 2.75) is 6.92 Å². The molecule has 0 bridgehead atoms. The van der Waals surface area contributed by atoms with E-state index in [1.165, 1.54) is 38.2 Å². The number of fused-ring (bicyclic) bond motifs is 3. The normalized spacial score (nSPS) is 11.1. The van der Waals surface area contributed by atoms with Crippen molar-refractivity contribution in [2.75, 3.05) is 7.11 Å². The van der Waals surface area contributed by atoms with Gasteiger partial charge in [0.25, 0.3) is 0 Å². The minimum atomic E-state index is 0.876. The molecule has 24 heavy (non-hydrogen) atoms. The summed E-state index contributed by atoms with van der Waals surface area (Å²) in [5.41, 5.74) is 3.72. The number of aryl methyl sites for hydroxylation is 1. The summed E-state index contributed by atoms with van der Waals surface area (Å²) in [5, 5.41) is 5.11. The molecule has 0 spiro atoms. The van der Waals surface area contributed by atoms with Crippen molar-refractivity contribution in [3.8, 4) is 16.9 Å². The summed E-state index contributed by atoms with van der Waals surface area (Å²) in [7, 11) is 1.69. The van der Waals surface area contributed by atoms with Crippen molar-refractivity contribution < 1.29 is 4.74 Å². The number of benzene rings is 4. The molecule has 4 aromatic rings. The number of halogens is 1. The second-order valence-electron chi connectivity index (χ2n) is 6.07. The molecule has 0 aliphatic carbocycles. The van der Waals surface area contributed by atoms with Crippen LogP contribution in [0.25, 0.3) is 32.7 Å². The Morgan fingerprint density at radius 1 is 0.750 bits per heavy atom. The Kier molecular flexibility index (Phi) is 3.78. The third-order valence-electron chi connectivity index (χ3n) is 4.47. The fourth-order valence-electron chi connectivity index (χ4n) is 3.25. The molecule has 2 heteroatoms. The first-order valence-electron chi connectivity index (χ1n) is 7.93. The molecule has 0 saturated heterocycles. The molecule has 118 valence electrons. The van der Waals surface area contributed by atoms with E-state index in [2.05, 4.69) is 77.5 Å². The molecular formula is C22H17BrO. The molecule has 0 amide bonds. The molecule has 0 aliphatic heterocycles. The van der Waals surface area contributed by atoms with E-state index in [0.29, 0.717) is 0 Å². The Hall–Kier alpha value is -2.32. The molecule has 4 aromatic carbocycles. The van der Waals surface area contributed by atoms with E-state index < -0.39 is 0 Å². The average Bonchev–Trinajstić information content (AvgIpc) is 2.61. The fourth-order valence-corrected chi connectivity index (χ4v) is 3.61. The van der Waals surface area contributed by atoms with Crippen molar-refractivity contribution in [3.05, 3.63) is 76.8 Å². The highest BCUT2D eigenvalue weighted by molar-refractivity contribution is 9.10. The van der Waals surface area contributed by atoms with Gasteiger partial charge in [0.05, 0.1) is 7.11 Å². The Labute approximate surface area is 150 Å². The van der Waals surface area contributed by atoms with Crippen LogP contribution in [0.5, 0.6) is 5.75 Å². The van der Waals surface area contributed by atoms with Crippen molar-refractivity contribution in [3.63, 3.8) is 0 Å². The van der Waals surface area contributed by atoms with Gasteiger partial charge in [0.1, 0.15) is 5.75 Å². The van der Waals surface area contributed by atoms with E-state index in [4.69, 9.17) is 4.74 Å². The van der Waals surface area contributed by atoms with Gasteiger partial charge >= 0.3 is 0 Å². The van der Waals surface area contributed by atoms with E-state index >= 15 is 0 Å². The molecule has 0 atom stereocenters. The van der Waals surface area contributed by atoms with Crippen LogP contribution in [0.15, 0.2) is 71.2 Å². The quantitative estimate of drug-likeness (QED) is 0.352. The molecule has 0 unspecified atom stereocenters. The van der Waals surface area contributed by atoms with Crippen LogP contribution < -0.4 is 4.74 Å². The van der Waals surface area contributed by atoms with Gasteiger partial charge < -0.3 is 4.74 Å². The molecule has 4 rings (SSSR count). The first kappa shape index (κ1) is 15.2. The maximum atomic E-state index is 5.29. The maximum Gasteiger partial charge on any atom is 0.118 e. The highest BCUT2D eigenvalue weighted by Crippen LogP contribution is 2.37. The van der Waals surface area contributed by atoms with E-state index in [1.807, 2.05) is 12.1 Å². The summed E-state index contributed by atoms with van der Waals surface area (Å²) in [6.45, 7) is 2.14. The maximum absolute atomic E-state index is 5.29. The van der Waals surface area contributed by atoms with Crippen LogP contribution in [0.3, 0.4) is 0 Å². The first-order chi connectivity index (χ1) is 11.7. The van der Waals surface area contributed by atoms with Crippen LogP contribution >= 0.6 is 15.9 Å². The lowest BCUT2D eigenvalue weighted by Crippen LogP contribution is -1.87. The standard InChI is InChI=1S/C22H17BrO/c1-14-3-4-16-12-21(15-5-8-18(24-2)9-6-15)22-13-17(23)7-10-19(22)20(16)11-14/h3-13H,1-2H3. The Balaban J connectivity index is 2.08. The lowest BCUT2D eigenvalue weighted by atomic mass is 9.92. The molecule has 0 N–H and O–H groups in total. The van der Waals surface area contributed by atoms with Crippen molar-refractivity contribution in [1.82, 2.24) is 0 Å². The number of hydrogen-bond donors (Lipinski definition) is 0. The SMILES string of the molecule is COc1ccc(-c2cc3ccc(C)cc3c3ccc(Br)cc23)cc1. The fraction of sp³-hybridized carbons (Fsp3) is 0.0909. The van der Waals surface area contributed by atoms with E-state index in [-0.39, 0.29) is 0 Å². The highest BCUT2D eigenvalue weighted by Gasteiger charge is 2.09. The van der Waals surface area contributed by atoms with E-state index in [1.54, 1.807) is 7.11 Å². The summed E-state index contributed by atoms with van der Waals surface area (Å²) in [5.74, 6) is 0.876. The van der Waals surface area contributed by atoms with Gasteiger partial charge in [0, 0.05) is 4.47 Å². The summed E-state index contributed by atoms with van der Waals surface area (Å²) in [4.78, 5) is 0. The van der Waals surface area contributed by atoms with Crippen LogP contribution in [-0.2, 0) is 0 Å². The molecule has 0 saturated carbocycles. The first-order valence-corrected chi connectivity index (χ1v) is 8.72. The molecule has 0 radical (unpaired) electrons. The summed E-state index contributed by atoms with van der Waals surface area (Å²) in [6.07, 6.45) is 0. The molecule has 0 aromatic heterocycles. The van der Waals surface area contributed by atoms with Gasteiger partial charge in [-0.3, -0.25) is 0 Å². The molecule has 1 nitrogen and oxygen atoms in total. The third kappa shape index (κ3) is 2.57. The van der Waals surface area contributed by atoms with Crippen molar-refractivity contribution >= 4 is 37.5 Å². The molecule has 0 fully saturated rings. The minimum Gasteiger partial charge on any atom is -0.497 e. The van der Waals surface area contributed by atoms with Gasteiger partial charge in [-0.25, -0.2) is 0 Å². The predicted molar refractivity (Wildman–Crippen MR) is 106 cm³/mol. The lowest BCUT2D eigenvalue weighted by Gasteiger charge is -2.12. The van der Waals surface area contributed by atoms with Gasteiger partial charge in [0.2, 0.25) is 0 Å². The molecule has 0 heterocycles. The van der Waals surface area contributed by atoms with Gasteiger partial charge in [-0.15, -0.1) is 0 Å². The molecule has 0 aliphatic rings. The minimum absolute atomic E-state index is 0.876. The second-order valence-corrected chi connectivity index (χ2v) is 6.98. The Morgan fingerprint density at radius 3 is 2.29 bits per heavy atom. The summed E-state index contributed by atoms with van der Waals surface area (Å²) < 4.78 is 6.38. The van der Waals surface area contributed by atoms with Crippen LogP contribution in [-0.4, -0.2) is 7.11 Å². The average molecular weight is 377 g/mol. The van der Waals surface area contributed by atoms with Crippen LogP contribution in [0.2, 0.25) is 0 Å². The third-order valence-corrected chi connectivity index (χ3v) is 4.96. The Morgan fingerprint density at radius 2 is 1.54 bits per heavy atom. The zero-order valence-corrected chi connectivity index (χ0v) is 15.2. The lowest BCUT2D eigenvalue weighted by molar-refractivity contribution is 0.415. The second kappa shape index (κ2) is 5.95. The van der Waals surface area contributed by atoms with Crippen molar-refractivity contribution in [2.24, 2.45) is 0 Å².